The molecule has 25 heavy (non-hydrogen) atoms. The number of benzene rings is 1. The molecule has 6 rings (SSSR count). The molecule has 4 aliphatic rings. The predicted octanol–water partition coefficient (Wildman–Crippen LogP) is 2.98. The van der Waals surface area contributed by atoms with E-state index in [9.17, 15) is 4.79 Å². The maximum Gasteiger partial charge on any atom is 0.228 e. The summed E-state index contributed by atoms with van der Waals surface area (Å²) < 4.78 is 1.64. The minimum absolute atomic E-state index is 0.215. The Kier molecular flexibility index (Phi) is 3.40. The topological polar surface area (TPSA) is 72.7 Å². The van der Waals surface area contributed by atoms with Gasteiger partial charge in [0.15, 0.2) is 0 Å². The highest BCUT2D eigenvalue weighted by Crippen LogP contribution is 2.56. The van der Waals surface area contributed by atoms with Crippen LogP contribution in [0.5, 0.6) is 0 Å². The molecule has 6 heteroatoms. The monoisotopic (exact) mass is 337 g/mol. The summed E-state index contributed by atoms with van der Waals surface area (Å²) in [6.07, 6.45) is 8.06. The number of hydrogen-bond acceptors (Lipinski definition) is 4. The maximum atomic E-state index is 13.0. The van der Waals surface area contributed by atoms with E-state index >= 15 is 0 Å². The number of tetrazole rings is 1. The quantitative estimate of drug-likeness (QED) is 0.934. The highest BCUT2D eigenvalue weighted by molar-refractivity contribution is 5.93. The van der Waals surface area contributed by atoms with Crippen molar-refractivity contribution in [3.8, 4) is 5.69 Å². The van der Waals surface area contributed by atoms with Crippen LogP contribution in [-0.2, 0) is 4.79 Å². The highest BCUT2D eigenvalue weighted by atomic mass is 16.1. The number of hydrogen-bond donors (Lipinski definition) is 1. The van der Waals surface area contributed by atoms with Crippen molar-refractivity contribution in [3.05, 3.63) is 30.1 Å². The third-order valence-corrected chi connectivity index (χ3v) is 6.59. The second-order valence-electron chi connectivity index (χ2n) is 8.20. The Labute approximate surface area is 147 Å². The van der Waals surface area contributed by atoms with Crippen LogP contribution in [0.1, 0.15) is 37.7 Å². The minimum atomic E-state index is 0.215. The lowest BCUT2D eigenvalue weighted by atomic mass is 9.51. The van der Waals surface area contributed by atoms with Gasteiger partial charge in [0.2, 0.25) is 5.91 Å². The first kappa shape index (κ1) is 15.0. The number of carbonyl (C=O) groups excluding carboxylic acids is 1. The molecule has 0 unspecified atom stereocenters. The van der Waals surface area contributed by atoms with Crippen LogP contribution in [0.15, 0.2) is 24.5 Å². The van der Waals surface area contributed by atoms with Crippen LogP contribution in [0.25, 0.3) is 5.69 Å². The van der Waals surface area contributed by atoms with Crippen molar-refractivity contribution < 1.29 is 4.79 Å². The van der Waals surface area contributed by atoms with Crippen LogP contribution in [0.2, 0.25) is 0 Å². The molecule has 1 N–H and O–H groups in total. The summed E-state index contributed by atoms with van der Waals surface area (Å²) in [5.74, 6) is 3.44. The minimum Gasteiger partial charge on any atom is -0.326 e. The fourth-order valence-electron chi connectivity index (χ4n) is 5.84. The normalized spacial score (nSPS) is 32.8. The van der Waals surface area contributed by atoms with Crippen molar-refractivity contribution in [1.29, 1.82) is 0 Å². The first-order chi connectivity index (χ1) is 12.2. The number of rotatable bonds is 3. The van der Waals surface area contributed by atoms with Gasteiger partial charge >= 0.3 is 0 Å². The molecule has 130 valence electrons. The van der Waals surface area contributed by atoms with Crippen LogP contribution in [0.3, 0.4) is 0 Å². The molecule has 0 radical (unpaired) electrons. The predicted molar refractivity (Wildman–Crippen MR) is 93.1 cm³/mol. The van der Waals surface area contributed by atoms with Gasteiger partial charge in [-0.3, -0.25) is 4.79 Å². The second-order valence-corrected chi connectivity index (χ2v) is 8.20. The summed E-state index contributed by atoms with van der Waals surface area (Å²) >= 11 is 0. The van der Waals surface area contributed by atoms with Gasteiger partial charge in [-0.05, 0) is 96.9 Å². The molecule has 4 bridgehead atoms. The van der Waals surface area contributed by atoms with E-state index in [2.05, 4.69) is 20.8 Å². The van der Waals surface area contributed by atoms with E-state index in [0.29, 0.717) is 11.8 Å². The standard InChI is InChI=1S/C19H23N5O/c1-11-4-16(2-3-17(11)24-10-20-22-23-24)21-19(25)18-14-6-12-5-13(8-14)9-15(18)7-12/h2-4,10,12-15,18H,5-9H2,1H3,(H,21,25). The molecule has 0 spiro atoms. The van der Waals surface area contributed by atoms with Gasteiger partial charge in [-0.25, -0.2) is 4.68 Å². The average Bonchev–Trinajstić information content (AvgIpc) is 3.08. The van der Waals surface area contributed by atoms with E-state index in [0.717, 1.165) is 28.8 Å². The molecule has 6 nitrogen and oxygen atoms in total. The molecule has 4 saturated carbocycles. The van der Waals surface area contributed by atoms with E-state index < -0.39 is 0 Å². The van der Waals surface area contributed by atoms with Gasteiger partial charge in [0.05, 0.1) is 5.69 Å². The van der Waals surface area contributed by atoms with E-state index in [-0.39, 0.29) is 11.8 Å². The van der Waals surface area contributed by atoms with Crippen LogP contribution in [-0.4, -0.2) is 26.1 Å². The van der Waals surface area contributed by atoms with Crippen molar-refractivity contribution in [2.24, 2.45) is 29.6 Å². The number of nitrogens with one attached hydrogen (secondary N) is 1. The smallest absolute Gasteiger partial charge is 0.228 e. The van der Waals surface area contributed by atoms with Crippen LogP contribution < -0.4 is 5.32 Å². The van der Waals surface area contributed by atoms with E-state index in [1.807, 2.05) is 25.1 Å². The van der Waals surface area contributed by atoms with E-state index in [1.165, 1.54) is 32.1 Å². The van der Waals surface area contributed by atoms with Gasteiger partial charge < -0.3 is 5.32 Å². The first-order valence-electron chi connectivity index (χ1n) is 9.32. The molecule has 0 aliphatic heterocycles. The summed E-state index contributed by atoms with van der Waals surface area (Å²) in [5, 5.41) is 14.5. The molecule has 0 atom stereocenters. The fraction of sp³-hybridized carbons (Fsp3) is 0.579. The van der Waals surface area contributed by atoms with E-state index in [1.54, 1.807) is 11.0 Å². The van der Waals surface area contributed by atoms with Crippen molar-refractivity contribution >= 4 is 11.6 Å². The van der Waals surface area contributed by atoms with Crippen LogP contribution in [0.4, 0.5) is 5.69 Å². The summed E-state index contributed by atoms with van der Waals surface area (Å²) in [4.78, 5) is 13.0. The lowest BCUT2D eigenvalue weighted by Gasteiger charge is -2.53. The molecular formula is C19H23N5O. The zero-order valence-corrected chi connectivity index (χ0v) is 14.4. The molecule has 4 aliphatic carbocycles. The number of anilines is 1. The zero-order valence-electron chi connectivity index (χ0n) is 14.4. The lowest BCUT2D eigenvalue weighted by Crippen LogP contribution is -2.49. The largest absolute Gasteiger partial charge is 0.326 e. The molecular weight excluding hydrogens is 314 g/mol. The highest BCUT2D eigenvalue weighted by Gasteiger charge is 2.50. The Bertz CT molecular complexity index is 772. The summed E-state index contributed by atoms with van der Waals surface area (Å²) in [5.41, 5.74) is 2.83. The Morgan fingerprint density at radius 3 is 2.44 bits per heavy atom. The Morgan fingerprint density at radius 2 is 1.84 bits per heavy atom. The fourth-order valence-corrected chi connectivity index (χ4v) is 5.84. The zero-order chi connectivity index (χ0) is 17.0. The molecule has 1 aromatic carbocycles. The lowest BCUT2D eigenvalue weighted by molar-refractivity contribution is -0.132. The van der Waals surface area contributed by atoms with Gasteiger partial charge in [0.25, 0.3) is 0 Å². The number of carbonyl (C=O) groups is 1. The molecule has 4 fully saturated rings. The molecule has 1 amide bonds. The number of aryl methyl sites for hydroxylation is 1. The Balaban J connectivity index is 1.34. The van der Waals surface area contributed by atoms with Gasteiger partial charge in [-0.15, -0.1) is 5.10 Å². The summed E-state index contributed by atoms with van der Waals surface area (Å²) in [7, 11) is 0. The van der Waals surface area contributed by atoms with Crippen molar-refractivity contribution in [3.63, 3.8) is 0 Å². The summed E-state index contributed by atoms with van der Waals surface area (Å²) in [6.45, 7) is 2.01. The third kappa shape index (κ3) is 2.55. The Hall–Kier alpha value is -2.24. The number of aromatic nitrogens is 4. The second kappa shape index (κ2) is 5.64. The molecule has 1 heterocycles. The van der Waals surface area contributed by atoms with Crippen molar-refractivity contribution in [2.45, 2.75) is 39.0 Å². The van der Waals surface area contributed by atoms with Gasteiger partial charge in [-0.1, -0.05) is 0 Å². The third-order valence-electron chi connectivity index (χ3n) is 6.59. The first-order valence-corrected chi connectivity index (χ1v) is 9.32. The summed E-state index contributed by atoms with van der Waals surface area (Å²) in [6, 6.07) is 5.90. The molecule has 1 aromatic heterocycles. The van der Waals surface area contributed by atoms with Crippen LogP contribution >= 0.6 is 0 Å². The number of amides is 1. The van der Waals surface area contributed by atoms with Gasteiger partial charge in [-0.2, -0.15) is 0 Å². The average molecular weight is 337 g/mol. The maximum absolute atomic E-state index is 13.0. The van der Waals surface area contributed by atoms with Gasteiger partial charge in [0.1, 0.15) is 6.33 Å². The van der Waals surface area contributed by atoms with Crippen molar-refractivity contribution in [2.75, 3.05) is 5.32 Å². The van der Waals surface area contributed by atoms with Crippen LogP contribution in [0, 0.1) is 36.5 Å². The molecule has 2 aromatic rings. The SMILES string of the molecule is Cc1cc(NC(=O)C2C3CC4CC(C3)CC2C4)ccc1-n1cnnn1. The van der Waals surface area contributed by atoms with Gasteiger partial charge in [0, 0.05) is 11.6 Å². The Morgan fingerprint density at radius 1 is 1.12 bits per heavy atom. The van der Waals surface area contributed by atoms with E-state index in [4.69, 9.17) is 0 Å². The molecule has 0 saturated heterocycles. The number of nitrogens with zero attached hydrogens (tertiary/aromatic N) is 4. The van der Waals surface area contributed by atoms with Crippen molar-refractivity contribution in [1.82, 2.24) is 20.2 Å².